The second kappa shape index (κ2) is 7.73. The first kappa shape index (κ1) is 18.7. The van der Waals surface area contributed by atoms with Gasteiger partial charge in [-0.3, -0.25) is 9.69 Å². The maximum atomic E-state index is 12.6. The molecule has 0 saturated carbocycles. The third kappa shape index (κ3) is 3.53. The van der Waals surface area contributed by atoms with Gasteiger partial charge in [-0.1, -0.05) is 72.0 Å². The highest BCUT2D eigenvalue weighted by Gasteiger charge is 2.31. The Morgan fingerprint density at radius 2 is 1.82 bits per heavy atom. The van der Waals surface area contributed by atoms with Gasteiger partial charge in [-0.05, 0) is 32.1 Å². The molecule has 1 saturated heterocycles. The van der Waals surface area contributed by atoms with Crippen molar-refractivity contribution in [1.29, 1.82) is 0 Å². The van der Waals surface area contributed by atoms with Gasteiger partial charge in [-0.2, -0.15) is 5.10 Å². The van der Waals surface area contributed by atoms with Crippen LogP contribution >= 0.6 is 24.0 Å². The second-order valence-electron chi connectivity index (χ2n) is 6.51. The molecule has 1 amide bonds. The summed E-state index contributed by atoms with van der Waals surface area (Å²) in [6.45, 7) is 4.57. The summed E-state index contributed by atoms with van der Waals surface area (Å²) >= 11 is 6.68. The van der Waals surface area contributed by atoms with Gasteiger partial charge in [0.2, 0.25) is 0 Å². The van der Waals surface area contributed by atoms with Crippen molar-refractivity contribution in [2.45, 2.75) is 13.8 Å². The van der Waals surface area contributed by atoms with Crippen LogP contribution in [0.4, 0.5) is 0 Å². The number of aryl methyl sites for hydroxylation is 1. The van der Waals surface area contributed by atoms with Crippen LogP contribution in [-0.4, -0.2) is 31.5 Å². The number of rotatable bonds is 4. The van der Waals surface area contributed by atoms with Crippen LogP contribution in [0.2, 0.25) is 0 Å². The molecule has 0 unspecified atom stereocenters. The Balaban J connectivity index is 1.82. The maximum absolute atomic E-state index is 12.6. The summed E-state index contributed by atoms with van der Waals surface area (Å²) in [6, 6.07) is 18.2. The molecule has 0 radical (unpaired) electrons. The predicted octanol–water partition coefficient (Wildman–Crippen LogP) is 5.07. The molecule has 0 aliphatic carbocycles. The normalized spacial score (nSPS) is 15.6. The number of thioether (sulfide) groups is 1. The number of hydrogen-bond acceptors (Lipinski definition) is 4. The first-order chi connectivity index (χ1) is 13.6. The van der Waals surface area contributed by atoms with E-state index in [1.54, 1.807) is 4.90 Å². The van der Waals surface area contributed by atoms with Crippen molar-refractivity contribution in [2.75, 3.05) is 6.54 Å². The molecule has 0 spiro atoms. The lowest BCUT2D eigenvalue weighted by Crippen LogP contribution is -2.27. The molecule has 1 fully saturated rings. The molecule has 0 bridgehead atoms. The quantitative estimate of drug-likeness (QED) is 0.449. The number of thiocarbonyl (C=S) groups is 1. The zero-order chi connectivity index (χ0) is 19.7. The molecule has 1 aliphatic heterocycles. The molecule has 2 aromatic carbocycles. The summed E-state index contributed by atoms with van der Waals surface area (Å²) in [4.78, 5) is 14.9. The lowest BCUT2D eigenvalue weighted by Gasteiger charge is -2.09. The van der Waals surface area contributed by atoms with Crippen molar-refractivity contribution < 1.29 is 4.79 Å². The van der Waals surface area contributed by atoms with Crippen LogP contribution in [0.5, 0.6) is 0 Å². The average molecular weight is 406 g/mol. The van der Waals surface area contributed by atoms with Gasteiger partial charge in [0.1, 0.15) is 4.32 Å². The van der Waals surface area contributed by atoms with Gasteiger partial charge >= 0.3 is 0 Å². The highest BCUT2D eigenvalue weighted by Crippen LogP contribution is 2.34. The molecule has 28 heavy (non-hydrogen) atoms. The number of para-hydroxylation sites is 1. The number of likely N-dealkylation sites (N-methyl/N-ethyl adjacent to an activating group) is 1. The Hall–Kier alpha value is -2.70. The summed E-state index contributed by atoms with van der Waals surface area (Å²) in [7, 11) is 0. The molecule has 4 nitrogen and oxygen atoms in total. The molecular weight excluding hydrogens is 386 g/mol. The van der Waals surface area contributed by atoms with E-state index in [2.05, 4.69) is 31.2 Å². The van der Waals surface area contributed by atoms with Crippen molar-refractivity contribution in [2.24, 2.45) is 0 Å². The van der Waals surface area contributed by atoms with Crippen LogP contribution < -0.4 is 0 Å². The predicted molar refractivity (Wildman–Crippen MR) is 119 cm³/mol. The van der Waals surface area contributed by atoms with Crippen LogP contribution in [-0.2, 0) is 4.79 Å². The van der Waals surface area contributed by atoms with E-state index >= 15 is 0 Å². The van der Waals surface area contributed by atoms with Crippen LogP contribution in [0.25, 0.3) is 23.0 Å². The van der Waals surface area contributed by atoms with E-state index in [1.165, 1.54) is 17.3 Å². The van der Waals surface area contributed by atoms with Gasteiger partial charge in [-0.15, -0.1) is 0 Å². The third-order valence-corrected chi connectivity index (χ3v) is 5.94. The van der Waals surface area contributed by atoms with E-state index in [9.17, 15) is 4.79 Å². The fourth-order valence-corrected chi connectivity index (χ4v) is 4.43. The summed E-state index contributed by atoms with van der Waals surface area (Å²) in [6.07, 6.45) is 3.86. The molecule has 140 valence electrons. The standard InChI is InChI=1S/C22H19N3OS2/c1-3-24-21(26)19(28-22(24)27)13-17-14-25(18-7-5-4-6-8-18)23-20(17)16-11-9-15(2)10-12-16/h4-14H,3H2,1-2H3. The molecular formula is C22H19N3OS2. The minimum Gasteiger partial charge on any atom is -0.293 e. The fourth-order valence-electron chi connectivity index (χ4n) is 3.06. The summed E-state index contributed by atoms with van der Waals surface area (Å²) < 4.78 is 2.45. The van der Waals surface area contributed by atoms with Crippen molar-refractivity contribution in [3.05, 3.63) is 76.8 Å². The zero-order valence-corrected chi connectivity index (χ0v) is 17.3. The Bertz CT molecular complexity index is 1070. The first-order valence-electron chi connectivity index (χ1n) is 9.04. The first-order valence-corrected chi connectivity index (χ1v) is 10.3. The second-order valence-corrected chi connectivity index (χ2v) is 8.18. The largest absolute Gasteiger partial charge is 0.293 e. The molecule has 2 heterocycles. The molecule has 6 heteroatoms. The van der Waals surface area contributed by atoms with Gasteiger partial charge < -0.3 is 0 Å². The van der Waals surface area contributed by atoms with E-state index < -0.39 is 0 Å². The minimum absolute atomic E-state index is 0.0418. The number of benzene rings is 2. The van der Waals surface area contributed by atoms with Gasteiger partial charge in [0, 0.05) is 23.9 Å². The molecule has 4 rings (SSSR count). The van der Waals surface area contributed by atoms with Gasteiger partial charge in [-0.25, -0.2) is 4.68 Å². The van der Waals surface area contributed by atoms with E-state index in [4.69, 9.17) is 17.3 Å². The number of carbonyl (C=O) groups excluding carboxylic acids is 1. The number of carbonyl (C=O) groups is 1. The Morgan fingerprint density at radius 3 is 2.46 bits per heavy atom. The maximum Gasteiger partial charge on any atom is 0.266 e. The number of nitrogens with zero attached hydrogens (tertiary/aromatic N) is 3. The van der Waals surface area contributed by atoms with Crippen LogP contribution in [0.1, 0.15) is 18.1 Å². The lowest BCUT2D eigenvalue weighted by molar-refractivity contribution is -0.121. The third-order valence-electron chi connectivity index (χ3n) is 4.56. The molecule has 3 aromatic rings. The smallest absolute Gasteiger partial charge is 0.266 e. The Kier molecular flexibility index (Phi) is 5.15. The lowest BCUT2D eigenvalue weighted by atomic mass is 10.1. The Morgan fingerprint density at radius 1 is 1.11 bits per heavy atom. The minimum atomic E-state index is -0.0418. The monoisotopic (exact) mass is 405 g/mol. The number of hydrogen-bond donors (Lipinski definition) is 0. The van der Waals surface area contributed by atoms with Crippen LogP contribution in [0, 0.1) is 6.92 Å². The zero-order valence-electron chi connectivity index (χ0n) is 15.6. The average Bonchev–Trinajstić information content (AvgIpc) is 3.24. The highest BCUT2D eigenvalue weighted by atomic mass is 32.2. The molecule has 0 N–H and O–H groups in total. The van der Waals surface area contributed by atoms with Gasteiger partial charge in [0.15, 0.2) is 0 Å². The summed E-state index contributed by atoms with van der Waals surface area (Å²) in [5.74, 6) is -0.0418. The van der Waals surface area contributed by atoms with Crippen LogP contribution in [0.15, 0.2) is 65.7 Å². The van der Waals surface area contributed by atoms with Crippen molar-refractivity contribution in [3.8, 4) is 16.9 Å². The summed E-state index contributed by atoms with van der Waals surface area (Å²) in [5.41, 5.74) is 4.90. The molecule has 0 atom stereocenters. The topological polar surface area (TPSA) is 38.1 Å². The van der Waals surface area contributed by atoms with Gasteiger partial charge in [0.05, 0.1) is 16.3 Å². The van der Waals surface area contributed by atoms with E-state index in [0.29, 0.717) is 15.8 Å². The fraction of sp³-hybridized carbons (Fsp3) is 0.136. The van der Waals surface area contributed by atoms with Crippen molar-refractivity contribution >= 4 is 40.3 Å². The summed E-state index contributed by atoms with van der Waals surface area (Å²) in [5, 5.41) is 4.81. The van der Waals surface area contributed by atoms with Crippen LogP contribution in [0.3, 0.4) is 0 Å². The van der Waals surface area contributed by atoms with E-state index in [0.717, 1.165) is 22.5 Å². The SMILES string of the molecule is CCN1C(=O)C(=Cc2cn(-c3ccccc3)nc2-c2ccc(C)cc2)SC1=S. The van der Waals surface area contributed by atoms with Crippen molar-refractivity contribution in [3.63, 3.8) is 0 Å². The number of aromatic nitrogens is 2. The number of amides is 1. The molecule has 1 aliphatic rings. The Labute approximate surface area is 173 Å². The van der Waals surface area contributed by atoms with Gasteiger partial charge in [0.25, 0.3) is 5.91 Å². The van der Waals surface area contributed by atoms with Crippen molar-refractivity contribution in [1.82, 2.24) is 14.7 Å². The highest BCUT2D eigenvalue weighted by molar-refractivity contribution is 8.26. The molecule has 1 aromatic heterocycles. The van der Waals surface area contributed by atoms with E-state index in [1.807, 2.05) is 54.2 Å². The van der Waals surface area contributed by atoms with E-state index in [-0.39, 0.29) is 5.91 Å².